The molecule has 1 spiro atoms. The molecule has 1 aromatic heterocycles. The van der Waals surface area contributed by atoms with Gasteiger partial charge in [0.15, 0.2) is 5.82 Å². The summed E-state index contributed by atoms with van der Waals surface area (Å²) in [5, 5.41) is 13.7. The highest BCUT2D eigenvalue weighted by molar-refractivity contribution is 5.94. The fourth-order valence-electron chi connectivity index (χ4n) is 4.03. The highest BCUT2D eigenvalue weighted by atomic mass is 16.5. The maximum absolute atomic E-state index is 12.4. The van der Waals surface area contributed by atoms with E-state index in [1.807, 2.05) is 6.07 Å². The Balaban J connectivity index is 1.35. The number of amides is 1. The summed E-state index contributed by atoms with van der Waals surface area (Å²) in [7, 11) is 0. The van der Waals surface area contributed by atoms with E-state index in [4.69, 9.17) is 4.74 Å². The number of carbonyl (C=O) groups excluding carboxylic acids is 1. The lowest BCUT2D eigenvalue weighted by molar-refractivity contribution is -0.118. The van der Waals surface area contributed by atoms with Crippen LogP contribution in [0.15, 0.2) is 6.07 Å². The molecule has 2 aliphatic heterocycles. The van der Waals surface area contributed by atoms with Crippen LogP contribution < -0.4 is 10.6 Å². The SMILES string of the molecule is O=C(Nc1cc(C2CCOCC2)[nH]n1)C1CC12CCNCC2. The van der Waals surface area contributed by atoms with Crippen LogP contribution in [-0.2, 0) is 9.53 Å². The molecule has 0 aromatic carbocycles. The molecule has 3 heterocycles. The number of aromatic amines is 1. The quantitative estimate of drug-likeness (QED) is 0.793. The molecular formula is C16H24N4O2. The van der Waals surface area contributed by atoms with Gasteiger partial charge in [0.2, 0.25) is 5.91 Å². The Kier molecular flexibility index (Phi) is 3.66. The van der Waals surface area contributed by atoms with Gasteiger partial charge >= 0.3 is 0 Å². The van der Waals surface area contributed by atoms with E-state index in [-0.39, 0.29) is 17.2 Å². The van der Waals surface area contributed by atoms with Gasteiger partial charge in [-0.05, 0) is 50.6 Å². The van der Waals surface area contributed by atoms with Crippen molar-refractivity contribution < 1.29 is 9.53 Å². The van der Waals surface area contributed by atoms with Crippen LogP contribution in [-0.4, -0.2) is 42.4 Å². The van der Waals surface area contributed by atoms with E-state index in [2.05, 4.69) is 20.8 Å². The smallest absolute Gasteiger partial charge is 0.229 e. The van der Waals surface area contributed by atoms with E-state index in [0.717, 1.165) is 64.1 Å². The molecule has 1 aromatic rings. The lowest BCUT2D eigenvalue weighted by Gasteiger charge is -2.23. The van der Waals surface area contributed by atoms with Crippen LogP contribution >= 0.6 is 0 Å². The van der Waals surface area contributed by atoms with Gasteiger partial charge in [-0.3, -0.25) is 9.89 Å². The average Bonchev–Trinajstić information content (AvgIpc) is 3.04. The summed E-state index contributed by atoms with van der Waals surface area (Å²) < 4.78 is 5.39. The Morgan fingerprint density at radius 1 is 1.32 bits per heavy atom. The molecule has 0 bridgehead atoms. The van der Waals surface area contributed by atoms with Crippen molar-refractivity contribution in [3.8, 4) is 0 Å². The van der Waals surface area contributed by atoms with Gasteiger partial charge in [0, 0.05) is 36.8 Å². The number of aromatic nitrogens is 2. The van der Waals surface area contributed by atoms with Gasteiger partial charge in [-0.25, -0.2) is 0 Å². The Hall–Kier alpha value is -1.40. The van der Waals surface area contributed by atoms with Crippen molar-refractivity contribution in [2.75, 3.05) is 31.6 Å². The van der Waals surface area contributed by atoms with E-state index in [0.29, 0.717) is 11.7 Å². The minimum absolute atomic E-state index is 0.145. The first-order valence-corrected chi connectivity index (χ1v) is 8.41. The van der Waals surface area contributed by atoms with Crippen molar-refractivity contribution >= 4 is 11.7 Å². The molecule has 6 heteroatoms. The van der Waals surface area contributed by atoms with Crippen molar-refractivity contribution in [1.29, 1.82) is 0 Å². The van der Waals surface area contributed by atoms with E-state index in [1.165, 1.54) is 0 Å². The molecule has 120 valence electrons. The number of rotatable bonds is 3. The zero-order valence-corrected chi connectivity index (χ0v) is 12.9. The zero-order valence-electron chi connectivity index (χ0n) is 12.9. The topological polar surface area (TPSA) is 79.0 Å². The minimum Gasteiger partial charge on any atom is -0.381 e. The van der Waals surface area contributed by atoms with Gasteiger partial charge in [-0.1, -0.05) is 0 Å². The molecule has 2 saturated heterocycles. The molecule has 6 nitrogen and oxygen atoms in total. The van der Waals surface area contributed by atoms with Gasteiger partial charge in [-0.2, -0.15) is 5.10 Å². The molecule has 1 amide bonds. The van der Waals surface area contributed by atoms with Gasteiger partial charge in [0.1, 0.15) is 0 Å². The maximum Gasteiger partial charge on any atom is 0.229 e. The normalized spacial score (nSPS) is 27.7. The van der Waals surface area contributed by atoms with Gasteiger partial charge in [0.05, 0.1) is 0 Å². The molecule has 3 fully saturated rings. The van der Waals surface area contributed by atoms with Crippen LogP contribution in [0.3, 0.4) is 0 Å². The third-order valence-electron chi connectivity index (χ3n) is 5.62. The fourth-order valence-corrected chi connectivity index (χ4v) is 4.03. The van der Waals surface area contributed by atoms with Crippen molar-refractivity contribution in [3.63, 3.8) is 0 Å². The molecule has 0 radical (unpaired) electrons. The summed E-state index contributed by atoms with van der Waals surface area (Å²) in [5.74, 6) is 1.47. The summed E-state index contributed by atoms with van der Waals surface area (Å²) in [6.45, 7) is 3.70. The Labute approximate surface area is 130 Å². The van der Waals surface area contributed by atoms with Crippen LogP contribution in [0.1, 0.15) is 43.7 Å². The molecule has 3 aliphatic rings. The summed E-state index contributed by atoms with van der Waals surface area (Å²) in [5.41, 5.74) is 1.39. The Bertz CT molecular complexity index is 544. The van der Waals surface area contributed by atoms with Crippen LogP contribution in [0, 0.1) is 11.3 Å². The van der Waals surface area contributed by atoms with Crippen LogP contribution in [0.2, 0.25) is 0 Å². The van der Waals surface area contributed by atoms with E-state index >= 15 is 0 Å². The van der Waals surface area contributed by atoms with Crippen molar-refractivity contribution in [2.45, 2.75) is 38.0 Å². The standard InChI is InChI=1S/C16H24N4O2/c21-15(12-10-16(12)3-5-17-6-4-16)18-14-9-13(19-20-14)11-1-7-22-8-2-11/h9,11-12,17H,1-8,10H2,(H2,18,19,20,21). The predicted octanol–water partition coefficient (Wildman–Crippen LogP) is 1.63. The second-order valence-electron chi connectivity index (χ2n) is 6.95. The maximum atomic E-state index is 12.4. The van der Waals surface area contributed by atoms with Crippen molar-refractivity contribution in [3.05, 3.63) is 11.8 Å². The van der Waals surface area contributed by atoms with E-state index < -0.39 is 0 Å². The number of nitrogens with zero attached hydrogens (tertiary/aromatic N) is 1. The number of anilines is 1. The lowest BCUT2D eigenvalue weighted by atomic mass is 9.92. The van der Waals surface area contributed by atoms with Crippen LogP contribution in [0.4, 0.5) is 5.82 Å². The predicted molar refractivity (Wildman–Crippen MR) is 82.7 cm³/mol. The number of hydrogen-bond acceptors (Lipinski definition) is 4. The first-order valence-electron chi connectivity index (χ1n) is 8.41. The largest absolute Gasteiger partial charge is 0.381 e. The monoisotopic (exact) mass is 304 g/mol. The van der Waals surface area contributed by atoms with Crippen LogP contribution in [0.5, 0.6) is 0 Å². The average molecular weight is 304 g/mol. The summed E-state index contributed by atoms with van der Waals surface area (Å²) in [6.07, 6.45) is 5.33. The number of H-pyrrole nitrogens is 1. The molecule has 1 unspecified atom stereocenters. The molecule has 1 atom stereocenters. The van der Waals surface area contributed by atoms with Gasteiger partial charge in [0.25, 0.3) is 0 Å². The molecule has 3 N–H and O–H groups in total. The second-order valence-corrected chi connectivity index (χ2v) is 6.95. The zero-order chi connectivity index (χ0) is 15.0. The molecule has 4 rings (SSSR count). The molecular weight excluding hydrogens is 280 g/mol. The summed E-state index contributed by atoms with van der Waals surface area (Å²) >= 11 is 0. The first kappa shape index (κ1) is 14.2. The van der Waals surface area contributed by atoms with Crippen molar-refractivity contribution in [2.24, 2.45) is 11.3 Å². The second kappa shape index (κ2) is 5.66. The van der Waals surface area contributed by atoms with E-state index in [1.54, 1.807) is 0 Å². The lowest BCUT2D eigenvalue weighted by Crippen LogP contribution is -2.31. The van der Waals surface area contributed by atoms with Gasteiger partial charge < -0.3 is 15.4 Å². The van der Waals surface area contributed by atoms with Gasteiger partial charge in [-0.15, -0.1) is 0 Å². The first-order chi connectivity index (χ1) is 10.8. The third-order valence-corrected chi connectivity index (χ3v) is 5.62. The number of ether oxygens (including phenoxy) is 1. The molecule has 1 aliphatic carbocycles. The van der Waals surface area contributed by atoms with Crippen molar-refractivity contribution in [1.82, 2.24) is 15.5 Å². The highest BCUT2D eigenvalue weighted by Crippen LogP contribution is 2.58. The van der Waals surface area contributed by atoms with E-state index in [9.17, 15) is 4.79 Å². The highest BCUT2D eigenvalue weighted by Gasteiger charge is 2.57. The third kappa shape index (κ3) is 2.65. The molecule has 1 saturated carbocycles. The number of carbonyl (C=O) groups is 1. The summed E-state index contributed by atoms with van der Waals surface area (Å²) in [4.78, 5) is 12.4. The number of piperidine rings is 1. The Morgan fingerprint density at radius 2 is 2.09 bits per heavy atom. The summed E-state index contributed by atoms with van der Waals surface area (Å²) in [6, 6.07) is 1.99. The number of hydrogen-bond donors (Lipinski definition) is 3. The Morgan fingerprint density at radius 3 is 2.86 bits per heavy atom. The molecule has 22 heavy (non-hydrogen) atoms. The number of nitrogens with one attached hydrogen (secondary N) is 3. The van der Waals surface area contributed by atoms with Crippen LogP contribution in [0.25, 0.3) is 0 Å². The fraction of sp³-hybridized carbons (Fsp3) is 0.750. The minimum atomic E-state index is 0.145.